The van der Waals surface area contributed by atoms with Gasteiger partial charge in [0.2, 0.25) is 0 Å². The van der Waals surface area contributed by atoms with Gasteiger partial charge in [0.15, 0.2) is 17.5 Å². The highest BCUT2D eigenvalue weighted by Crippen LogP contribution is 2.19. The number of nitrogens with one attached hydrogen (secondary N) is 1. The Morgan fingerprint density at radius 2 is 1.85 bits per heavy atom. The third-order valence-corrected chi connectivity index (χ3v) is 2.67. The second-order valence-electron chi connectivity index (χ2n) is 4.26. The number of amides is 2. The predicted octanol–water partition coefficient (Wildman–Crippen LogP) is 2.30. The van der Waals surface area contributed by atoms with Crippen molar-refractivity contribution in [3.05, 3.63) is 29.6 Å². The maximum absolute atomic E-state index is 13.3. The summed E-state index contributed by atoms with van der Waals surface area (Å²) in [5.41, 5.74) is -0.578. The molecule has 0 aromatic heterocycles. The second kappa shape index (κ2) is 6.93. The normalized spacial score (nSPS) is 10.2. The lowest BCUT2D eigenvalue weighted by Gasteiger charge is -2.16. The van der Waals surface area contributed by atoms with Crippen LogP contribution >= 0.6 is 0 Å². The molecule has 1 aromatic carbocycles. The van der Waals surface area contributed by atoms with Crippen LogP contribution in [0.1, 0.15) is 19.8 Å². The molecule has 0 saturated heterocycles. The summed E-state index contributed by atoms with van der Waals surface area (Å²) >= 11 is 0. The number of hydrogen-bond donors (Lipinski definition) is 1. The summed E-state index contributed by atoms with van der Waals surface area (Å²) < 4.78 is 39.0. The van der Waals surface area contributed by atoms with E-state index in [1.807, 2.05) is 12.2 Å². The summed E-state index contributed by atoms with van der Waals surface area (Å²) in [5, 5.41) is 1.92. The summed E-state index contributed by atoms with van der Waals surface area (Å²) in [6, 6.07) is 1.52. The number of benzene rings is 1. The van der Waals surface area contributed by atoms with Crippen molar-refractivity contribution >= 4 is 17.5 Å². The number of nitrogens with zero attached hydrogens (tertiary/aromatic N) is 1. The average Bonchev–Trinajstić information content (AvgIpc) is 2.44. The first-order valence-corrected chi connectivity index (χ1v) is 6.08. The third-order valence-electron chi connectivity index (χ3n) is 2.67. The molecule has 0 fully saturated rings. The second-order valence-corrected chi connectivity index (χ2v) is 4.26. The Kier molecular flexibility index (Phi) is 5.54. The van der Waals surface area contributed by atoms with Crippen molar-refractivity contribution in [1.82, 2.24) is 4.90 Å². The number of unbranched alkanes of at least 4 members (excludes halogenated alkanes) is 1. The van der Waals surface area contributed by atoms with E-state index in [-0.39, 0.29) is 0 Å². The number of halogens is 3. The Morgan fingerprint density at radius 3 is 2.45 bits per heavy atom. The fourth-order valence-corrected chi connectivity index (χ4v) is 1.47. The molecule has 0 bridgehead atoms. The molecule has 1 rings (SSSR count). The van der Waals surface area contributed by atoms with Crippen molar-refractivity contribution in [1.29, 1.82) is 0 Å². The van der Waals surface area contributed by atoms with Gasteiger partial charge >= 0.3 is 11.8 Å². The molecule has 0 unspecified atom stereocenters. The minimum absolute atomic E-state index is 0.378. The SMILES string of the molecule is CCCCN(C)C(=O)C(=O)Nc1ccc(F)c(F)c1F. The topological polar surface area (TPSA) is 49.4 Å². The van der Waals surface area contributed by atoms with E-state index in [4.69, 9.17) is 0 Å². The van der Waals surface area contributed by atoms with Crippen LogP contribution in [0.4, 0.5) is 18.9 Å². The van der Waals surface area contributed by atoms with Gasteiger partial charge in [0.25, 0.3) is 0 Å². The van der Waals surface area contributed by atoms with Crippen molar-refractivity contribution in [2.75, 3.05) is 18.9 Å². The highest BCUT2D eigenvalue weighted by molar-refractivity contribution is 6.39. The van der Waals surface area contributed by atoms with Crippen LogP contribution in [0.25, 0.3) is 0 Å². The molecule has 0 radical (unpaired) electrons. The molecule has 0 spiro atoms. The molecule has 0 aliphatic carbocycles. The van der Waals surface area contributed by atoms with E-state index in [2.05, 4.69) is 0 Å². The molecule has 1 aromatic rings. The molecule has 7 heteroatoms. The third kappa shape index (κ3) is 3.72. The largest absolute Gasteiger partial charge is 0.338 e. The van der Waals surface area contributed by atoms with Crippen LogP contribution in [0.3, 0.4) is 0 Å². The molecular formula is C13H15F3N2O2. The van der Waals surface area contributed by atoms with Crippen LogP contribution in [0.5, 0.6) is 0 Å². The lowest BCUT2D eigenvalue weighted by Crippen LogP contribution is -2.37. The van der Waals surface area contributed by atoms with E-state index in [0.29, 0.717) is 12.6 Å². The zero-order valence-corrected chi connectivity index (χ0v) is 11.2. The van der Waals surface area contributed by atoms with Gasteiger partial charge < -0.3 is 10.2 Å². The van der Waals surface area contributed by atoms with Gasteiger partial charge in [0.1, 0.15) is 0 Å². The standard InChI is InChI=1S/C13H15F3N2O2/c1-3-4-7-18(2)13(20)12(19)17-9-6-5-8(14)10(15)11(9)16/h5-6H,3-4,7H2,1-2H3,(H,17,19). The lowest BCUT2D eigenvalue weighted by atomic mass is 10.2. The highest BCUT2D eigenvalue weighted by atomic mass is 19.2. The van der Waals surface area contributed by atoms with E-state index < -0.39 is 35.0 Å². The summed E-state index contributed by atoms with van der Waals surface area (Å²) in [4.78, 5) is 24.4. The zero-order chi connectivity index (χ0) is 15.3. The molecular weight excluding hydrogens is 273 g/mol. The van der Waals surface area contributed by atoms with Gasteiger partial charge in [0.05, 0.1) is 5.69 Å². The Hall–Kier alpha value is -2.05. The number of hydrogen-bond acceptors (Lipinski definition) is 2. The van der Waals surface area contributed by atoms with Gasteiger partial charge in [-0.2, -0.15) is 0 Å². The minimum atomic E-state index is -1.70. The summed E-state index contributed by atoms with van der Waals surface area (Å²) in [6.07, 6.45) is 1.56. The smallest absolute Gasteiger partial charge is 0.313 e. The molecule has 1 N–H and O–H groups in total. The van der Waals surface area contributed by atoms with E-state index in [9.17, 15) is 22.8 Å². The Labute approximate surface area is 114 Å². The Balaban J connectivity index is 2.76. The van der Waals surface area contributed by atoms with Gasteiger partial charge in [-0.1, -0.05) is 13.3 Å². The van der Waals surface area contributed by atoms with Crippen molar-refractivity contribution < 1.29 is 22.8 Å². The fraction of sp³-hybridized carbons (Fsp3) is 0.385. The van der Waals surface area contributed by atoms with Crippen LogP contribution in [0.15, 0.2) is 12.1 Å². The van der Waals surface area contributed by atoms with E-state index in [1.165, 1.54) is 11.9 Å². The number of carbonyl (C=O) groups excluding carboxylic acids is 2. The van der Waals surface area contributed by atoms with Crippen LogP contribution in [-0.4, -0.2) is 30.3 Å². The van der Waals surface area contributed by atoms with Crippen molar-refractivity contribution in [3.63, 3.8) is 0 Å². The maximum Gasteiger partial charge on any atom is 0.313 e. The monoisotopic (exact) mass is 288 g/mol. The number of rotatable bonds is 4. The lowest BCUT2D eigenvalue weighted by molar-refractivity contribution is -0.142. The van der Waals surface area contributed by atoms with Gasteiger partial charge in [-0.3, -0.25) is 9.59 Å². The molecule has 2 amide bonds. The van der Waals surface area contributed by atoms with Gasteiger partial charge in [-0.25, -0.2) is 13.2 Å². The van der Waals surface area contributed by atoms with Crippen molar-refractivity contribution in [2.45, 2.75) is 19.8 Å². The highest BCUT2D eigenvalue weighted by Gasteiger charge is 2.21. The predicted molar refractivity (Wildman–Crippen MR) is 67.5 cm³/mol. The van der Waals surface area contributed by atoms with Crippen LogP contribution in [0, 0.1) is 17.5 Å². The number of likely N-dealkylation sites (N-methyl/N-ethyl adjacent to an activating group) is 1. The molecule has 0 saturated carbocycles. The molecule has 0 aliphatic rings. The molecule has 110 valence electrons. The van der Waals surface area contributed by atoms with E-state index in [0.717, 1.165) is 18.9 Å². The Bertz CT molecular complexity index is 521. The summed E-state index contributed by atoms with van der Waals surface area (Å²) in [7, 11) is 1.43. The van der Waals surface area contributed by atoms with Crippen LogP contribution in [-0.2, 0) is 9.59 Å². The number of anilines is 1. The number of carbonyl (C=O) groups is 2. The maximum atomic E-state index is 13.3. The van der Waals surface area contributed by atoms with Gasteiger partial charge in [0, 0.05) is 13.6 Å². The summed E-state index contributed by atoms with van der Waals surface area (Å²) in [6.45, 7) is 2.30. The van der Waals surface area contributed by atoms with Gasteiger partial charge in [-0.15, -0.1) is 0 Å². The molecule has 0 aliphatic heterocycles. The quantitative estimate of drug-likeness (QED) is 0.682. The van der Waals surface area contributed by atoms with Crippen LogP contribution in [0.2, 0.25) is 0 Å². The zero-order valence-electron chi connectivity index (χ0n) is 11.2. The van der Waals surface area contributed by atoms with E-state index >= 15 is 0 Å². The van der Waals surface area contributed by atoms with Crippen molar-refractivity contribution in [3.8, 4) is 0 Å². The van der Waals surface area contributed by atoms with E-state index in [1.54, 1.807) is 0 Å². The van der Waals surface area contributed by atoms with Gasteiger partial charge in [-0.05, 0) is 18.6 Å². The first-order chi connectivity index (χ1) is 9.38. The molecule has 4 nitrogen and oxygen atoms in total. The van der Waals surface area contributed by atoms with Crippen LogP contribution < -0.4 is 5.32 Å². The molecule has 20 heavy (non-hydrogen) atoms. The fourth-order valence-electron chi connectivity index (χ4n) is 1.47. The summed E-state index contributed by atoms with van der Waals surface area (Å²) in [5.74, 6) is -6.58. The Morgan fingerprint density at radius 1 is 1.20 bits per heavy atom. The average molecular weight is 288 g/mol. The molecule has 0 atom stereocenters. The first kappa shape index (κ1) is 16.0. The first-order valence-electron chi connectivity index (χ1n) is 6.08. The minimum Gasteiger partial charge on any atom is -0.338 e. The van der Waals surface area contributed by atoms with Crippen molar-refractivity contribution in [2.24, 2.45) is 0 Å². The molecule has 0 heterocycles.